The molecule has 0 heterocycles. The zero-order valence-electron chi connectivity index (χ0n) is 7.82. The van der Waals surface area contributed by atoms with Crippen molar-refractivity contribution in [3.63, 3.8) is 0 Å². The van der Waals surface area contributed by atoms with Crippen LogP contribution in [0, 0.1) is 0 Å². The van der Waals surface area contributed by atoms with Gasteiger partial charge in [-0.1, -0.05) is 0 Å². The van der Waals surface area contributed by atoms with Crippen molar-refractivity contribution in [2.75, 3.05) is 0 Å². The molecule has 0 saturated heterocycles. The van der Waals surface area contributed by atoms with E-state index >= 15 is 0 Å². The summed E-state index contributed by atoms with van der Waals surface area (Å²) >= 11 is 6.27. The SMILES string of the molecule is CC1=C(C)C(=[Se])C(C)=C(C)C1=[Se]. The molecule has 0 aromatic carbocycles. The van der Waals surface area contributed by atoms with Crippen LogP contribution in [0.5, 0.6) is 0 Å². The molecule has 0 spiro atoms. The van der Waals surface area contributed by atoms with Gasteiger partial charge < -0.3 is 0 Å². The average Bonchev–Trinajstić information content (AvgIpc) is 2.08. The first kappa shape index (κ1) is 10.3. The van der Waals surface area contributed by atoms with Crippen LogP contribution in [0.4, 0.5) is 0 Å². The molecule has 12 heavy (non-hydrogen) atoms. The van der Waals surface area contributed by atoms with Gasteiger partial charge >= 0.3 is 90.0 Å². The van der Waals surface area contributed by atoms with Crippen LogP contribution in [0.1, 0.15) is 27.7 Å². The molecule has 2 heteroatoms. The summed E-state index contributed by atoms with van der Waals surface area (Å²) in [6, 6.07) is 0. The summed E-state index contributed by atoms with van der Waals surface area (Å²) in [5, 5.41) is 0. The molecule has 0 aliphatic heterocycles. The molecule has 1 aliphatic rings. The Kier molecular flexibility index (Phi) is 3.06. The van der Waals surface area contributed by atoms with E-state index < -0.39 is 0 Å². The summed E-state index contributed by atoms with van der Waals surface area (Å²) in [5.41, 5.74) is 5.47. The Balaban J connectivity index is 3.32. The predicted octanol–water partition coefficient (Wildman–Crippen LogP) is 1.35. The molecule has 0 amide bonds. The third kappa shape index (κ3) is 1.49. The minimum absolute atomic E-state index is 1.31. The van der Waals surface area contributed by atoms with Crippen LogP contribution in [-0.4, -0.2) is 40.0 Å². The van der Waals surface area contributed by atoms with Crippen LogP contribution in [0.2, 0.25) is 0 Å². The quantitative estimate of drug-likeness (QED) is 0.591. The fourth-order valence-electron chi connectivity index (χ4n) is 1.24. The second-order valence-electron chi connectivity index (χ2n) is 3.16. The third-order valence-corrected chi connectivity index (χ3v) is 5.06. The number of hydrogen-bond donors (Lipinski definition) is 0. The van der Waals surface area contributed by atoms with Crippen molar-refractivity contribution < 1.29 is 0 Å². The summed E-state index contributed by atoms with van der Waals surface area (Å²) in [7, 11) is 0. The Hall–Kier alpha value is 0.259. The van der Waals surface area contributed by atoms with E-state index in [1.54, 1.807) is 0 Å². The maximum absolute atomic E-state index is 3.13. The molecule has 0 aromatic heterocycles. The predicted molar refractivity (Wildman–Crippen MR) is 58.3 cm³/mol. The molecule has 1 rings (SSSR count). The van der Waals surface area contributed by atoms with Crippen LogP contribution in [0.3, 0.4) is 0 Å². The molecule has 0 fully saturated rings. The summed E-state index contributed by atoms with van der Waals surface area (Å²) in [4.78, 5) is 0. The normalized spacial score (nSPS) is 19.3. The molecule has 0 radical (unpaired) electrons. The van der Waals surface area contributed by atoms with Crippen molar-refractivity contribution in [2.24, 2.45) is 0 Å². The van der Waals surface area contributed by atoms with Crippen molar-refractivity contribution in [2.45, 2.75) is 27.7 Å². The standard InChI is InChI=1S/C10H12Se2/c1-5-6(2)10(12)8(4)7(3)9(5)11/h1-4H3. The van der Waals surface area contributed by atoms with E-state index in [1.165, 1.54) is 31.1 Å². The first-order chi connectivity index (χ1) is 5.46. The molecule has 0 atom stereocenters. The van der Waals surface area contributed by atoms with E-state index in [0.717, 1.165) is 0 Å². The van der Waals surface area contributed by atoms with Gasteiger partial charge in [-0.25, -0.2) is 0 Å². The van der Waals surface area contributed by atoms with Gasteiger partial charge in [0, 0.05) is 0 Å². The fourth-order valence-corrected chi connectivity index (χ4v) is 2.53. The van der Waals surface area contributed by atoms with Gasteiger partial charge in [0.15, 0.2) is 0 Å². The summed E-state index contributed by atoms with van der Waals surface area (Å²) in [6.45, 7) is 8.64. The first-order valence-electron chi connectivity index (χ1n) is 3.91. The van der Waals surface area contributed by atoms with E-state index in [1.807, 2.05) is 0 Å². The molecule has 0 saturated carbocycles. The van der Waals surface area contributed by atoms with Crippen LogP contribution in [-0.2, 0) is 0 Å². The van der Waals surface area contributed by atoms with E-state index in [-0.39, 0.29) is 0 Å². The van der Waals surface area contributed by atoms with Crippen molar-refractivity contribution in [1.82, 2.24) is 0 Å². The van der Waals surface area contributed by atoms with Gasteiger partial charge in [0.25, 0.3) is 0 Å². The zero-order valence-corrected chi connectivity index (χ0v) is 11.2. The van der Waals surface area contributed by atoms with Gasteiger partial charge in [0.05, 0.1) is 0 Å². The van der Waals surface area contributed by atoms with Gasteiger partial charge in [-0.15, -0.1) is 0 Å². The van der Waals surface area contributed by atoms with E-state index in [2.05, 4.69) is 58.8 Å². The fraction of sp³-hybridized carbons (Fsp3) is 0.400. The zero-order chi connectivity index (χ0) is 9.46. The summed E-state index contributed by atoms with van der Waals surface area (Å²) in [6.07, 6.45) is 0. The maximum atomic E-state index is 3.13. The molecule has 0 bridgehead atoms. The Morgan fingerprint density at radius 2 is 0.750 bits per heavy atom. The second-order valence-corrected chi connectivity index (χ2v) is 4.87. The van der Waals surface area contributed by atoms with Crippen LogP contribution < -0.4 is 0 Å². The van der Waals surface area contributed by atoms with Crippen molar-refractivity contribution >= 4 is 40.0 Å². The first-order valence-corrected chi connectivity index (χ1v) is 5.62. The minimum atomic E-state index is 1.31. The van der Waals surface area contributed by atoms with E-state index in [0.29, 0.717) is 0 Å². The molecule has 64 valence electrons. The number of hydrogen-bond acceptors (Lipinski definition) is 0. The molecule has 0 N–H and O–H groups in total. The van der Waals surface area contributed by atoms with Gasteiger partial charge in [0.2, 0.25) is 0 Å². The monoisotopic (exact) mass is 292 g/mol. The summed E-state index contributed by atoms with van der Waals surface area (Å²) in [5.74, 6) is 0. The molecule has 0 aromatic rings. The summed E-state index contributed by atoms with van der Waals surface area (Å²) < 4.78 is 2.62. The Morgan fingerprint density at radius 3 is 0.917 bits per heavy atom. The number of rotatable bonds is 0. The van der Waals surface area contributed by atoms with Gasteiger partial charge in [-0.2, -0.15) is 0 Å². The Labute approximate surface area is 89.8 Å². The van der Waals surface area contributed by atoms with Crippen molar-refractivity contribution in [3.8, 4) is 0 Å². The second kappa shape index (κ2) is 3.55. The molecule has 0 nitrogen and oxygen atoms in total. The van der Waals surface area contributed by atoms with E-state index in [4.69, 9.17) is 0 Å². The third-order valence-electron chi connectivity index (χ3n) is 2.49. The molecular formula is C10H12Se2. The average molecular weight is 290 g/mol. The van der Waals surface area contributed by atoms with Gasteiger partial charge in [-0.05, 0) is 0 Å². The van der Waals surface area contributed by atoms with E-state index in [9.17, 15) is 0 Å². The Morgan fingerprint density at radius 1 is 0.583 bits per heavy atom. The van der Waals surface area contributed by atoms with Crippen LogP contribution in [0.15, 0.2) is 22.3 Å². The molecular weight excluding hydrogens is 278 g/mol. The van der Waals surface area contributed by atoms with Crippen molar-refractivity contribution in [3.05, 3.63) is 22.3 Å². The number of allylic oxidation sites excluding steroid dienone is 4. The van der Waals surface area contributed by atoms with Crippen LogP contribution in [0.25, 0.3) is 0 Å². The topological polar surface area (TPSA) is 0 Å². The molecule has 0 unspecified atom stereocenters. The molecule has 1 aliphatic carbocycles. The Bertz CT molecular complexity index is 268. The van der Waals surface area contributed by atoms with Crippen molar-refractivity contribution in [1.29, 1.82) is 0 Å². The van der Waals surface area contributed by atoms with Gasteiger partial charge in [0.1, 0.15) is 0 Å². The van der Waals surface area contributed by atoms with Gasteiger partial charge in [-0.3, -0.25) is 0 Å². The van der Waals surface area contributed by atoms with Crippen LogP contribution >= 0.6 is 0 Å².